The van der Waals surface area contributed by atoms with Crippen LogP contribution in [0, 0.1) is 6.92 Å². The highest BCUT2D eigenvalue weighted by Crippen LogP contribution is 2.31. The molecule has 0 bridgehead atoms. The van der Waals surface area contributed by atoms with Crippen LogP contribution in [-0.4, -0.2) is 37.1 Å². The Bertz CT molecular complexity index is 427. The van der Waals surface area contributed by atoms with Gasteiger partial charge in [-0.05, 0) is 24.1 Å². The minimum atomic E-state index is -0.568. The quantitative estimate of drug-likeness (QED) is 0.924. The Morgan fingerprint density at radius 1 is 1.42 bits per heavy atom. The molecule has 0 radical (unpaired) electrons. The number of aryl methyl sites for hydroxylation is 1. The van der Waals surface area contributed by atoms with Gasteiger partial charge in [0.2, 0.25) is 0 Å². The minimum Gasteiger partial charge on any atom is -0.390 e. The van der Waals surface area contributed by atoms with Crippen molar-refractivity contribution in [2.45, 2.75) is 37.9 Å². The van der Waals surface area contributed by atoms with Gasteiger partial charge in [-0.2, -0.15) is 0 Å². The molecular formula is C15H21ClO3. The van der Waals surface area contributed by atoms with E-state index >= 15 is 0 Å². The molecule has 1 heterocycles. The monoisotopic (exact) mass is 284 g/mol. The molecule has 1 aliphatic rings. The van der Waals surface area contributed by atoms with Gasteiger partial charge in [-0.15, -0.1) is 0 Å². The molecule has 0 saturated carbocycles. The second kappa shape index (κ2) is 6.23. The summed E-state index contributed by atoms with van der Waals surface area (Å²) in [7, 11) is 1.66. The molecule has 4 heteroatoms. The van der Waals surface area contributed by atoms with Gasteiger partial charge in [0, 0.05) is 44.6 Å². The summed E-state index contributed by atoms with van der Waals surface area (Å²) < 4.78 is 11.0. The Hall–Kier alpha value is -0.610. The SMILES string of the molecule is COC1(C(O)Cc2ccc(C)cc2Cl)CCOCC1. The van der Waals surface area contributed by atoms with Crippen LogP contribution in [0.5, 0.6) is 0 Å². The van der Waals surface area contributed by atoms with Gasteiger partial charge < -0.3 is 14.6 Å². The molecule has 0 aromatic heterocycles. The summed E-state index contributed by atoms with van der Waals surface area (Å²) in [4.78, 5) is 0. The molecule has 0 aliphatic carbocycles. The van der Waals surface area contributed by atoms with E-state index in [0.717, 1.165) is 11.1 Å². The lowest BCUT2D eigenvalue weighted by molar-refractivity contribution is -0.151. The number of ether oxygens (including phenoxy) is 2. The lowest BCUT2D eigenvalue weighted by Crippen LogP contribution is -2.49. The molecule has 1 atom stereocenters. The van der Waals surface area contributed by atoms with Crippen LogP contribution in [0.1, 0.15) is 24.0 Å². The Labute approximate surface area is 119 Å². The van der Waals surface area contributed by atoms with Crippen molar-refractivity contribution in [2.75, 3.05) is 20.3 Å². The summed E-state index contributed by atoms with van der Waals surface area (Å²) in [5, 5.41) is 11.2. The fourth-order valence-corrected chi connectivity index (χ4v) is 2.91. The predicted octanol–water partition coefficient (Wildman–Crippen LogP) is 2.75. The maximum Gasteiger partial charge on any atom is 0.0983 e. The van der Waals surface area contributed by atoms with E-state index in [1.165, 1.54) is 0 Å². The number of aliphatic hydroxyl groups excluding tert-OH is 1. The third kappa shape index (κ3) is 3.29. The maximum absolute atomic E-state index is 10.5. The van der Waals surface area contributed by atoms with E-state index in [0.29, 0.717) is 37.5 Å². The van der Waals surface area contributed by atoms with Gasteiger partial charge in [0.05, 0.1) is 11.7 Å². The summed E-state index contributed by atoms with van der Waals surface area (Å²) in [6.45, 7) is 3.26. The van der Waals surface area contributed by atoms with Crippen LogP contribution in [-0.2, 0) is 15.9 Å². The van der Waals surface area contributed by atoms with Gasteiger partial charge in [-0.1, -0.05) is 23.7 Å². The number of benzene rings is 1. The second-order valence-corrected chi connectivity index (χ2v) is 5.60. The average molecular weight is 285 g/mol. The van der Waals surface area contributed by atoms with E-state index < -0.39 is 11.7 Å². The van der Waals surface area contributed by atoms with Gasteiger partial charge in [0.25, 0.3) is 0 Å². The van der Waals surface area contributed by atoms with Crippen LogP contribution in [0.3, 0.4) is 0 Å². The second-order valence-electron chi connectivity index (χ2n) is 5.20. The van der Waals surface area contributed by atoms with Crippen LogP contribution in [0.25, 0.3) is 0 Å². The van der Waals surface area contributed by atoms with Crippen molar-refractivity contribution in [3.05, 3.63) is 34.3 Å². The van der Waals surface area contributed by atoms with Crippen molar-refractivity contribution in [3.8, 4) is 0 Å². The standard InChI is InChI=1S/C15H21ClO3/c1-11-3-4-12(13(16)9-11)10-14(17)15(18-2)5-7-19-8-6-15/h3-4,9,14,17H,5-8,10H2,1-2H3. The van der Waals surface area contributed by atoms with Gasteiger partial charge in [-0.25, -0.2) is 0 Å². The number of halogens is 1. The Morgan fingerprint density at radius 3 is 2.68 bits per heavy atom. The Balaban J connectivity index is 2.12. The van der Waals surface area contributed by atoms with Gasteiger partial charge >= 0.3 is 0 Å². The van der Waals surface area contributed by atoms with Crippen molar-refractivity contribution in [3.63, 3.8) is 0 Å². The molecule has 1 fully saturated rings. The topological polar surface area (TPSA) is 38.7 Å². The Kier molecular flexibility index (Phi) is 4.85. The molecule has 106 valence electrons. The molecule has 19 heavy (non-hydrogen) atoms. The van der Waals surface area contributed by atoms with E-state index in [4.69, 9.17) is 21.1 Å². The minimum absolute atomic E-state index is 0.507. The summed E-state index contributed by atoms with van der Waals surface area (Å²) >= 11 is 6.22. The first kappa shape index (κ1) is 14.8. The molecule has 1 aliphatic heterocycles. The predicted molar refractivity (Wildman–Crippen MR) is 75.7 cm³/mol. The smallest absolute Gasteiger partial charge is 0.0983 e. The zero-order valence-corrected chi connectivity index (χ0v) is 12.2. The van der Waals surface area contributed by atoms with E-state index in [1.807, 2.05) is 25.1 Å². The van der Waals surface area contributed by atoms with E-state index in [1.54, 1.807) is 7.11 Å². The molecule has 2 rings (SSSR count). The first-order chi connectivity index (χ1) is 9.07. The highest BCUT2D eigenvalue weighted by molar-refractivity contribution is 6.31. The largest absolute Gasteiger partial charge is 0.390 e. The number of methoxy groups -OCH3 is 1. The number of aliphatic hydroxyl groups is 1. The molecule has 1 aromatic carbocycles. The van der Waals surface area contributed by atoms with Crippen LogP contribution in [0.4, 0.5) is 0 Å². The molecular weight excluding hydrogens is 264 g/mol. The van der Waals surface area contributed by atoms with Crippen molar-refractivity contribution >= 4 is 11.6 Å². The molecule has 1 unspecified atom stereocenters. The van der Waals surface area contributed by atoms with Gasteiger partial charge in [-0.3, -0.25) is 0 Å². The molecule has 1 aromatic rings. The number of rotatable bonds is 4. The van der Waals surface area contributed by atoms with Crippen molar-refractivity contribution in [2.24, 2.45) is 0 Å². The fraction of sp³-hybridized carbons (Fsp3) is 0.600. The van der Waals surface area contributed by atoms with Crippen molar-refractivity contribution in [1.29, 1.82) is 0 Å². The summed E-state index contributed by atoms with van der Waals surface area (Å²) in [5.41, 5.74) is 1.57. The lowest BCUT2D eigenvalue weighted by atomic mass is 9.84. The van der Waals surface area contributed by atoms with E-state index in [2.05, 4.69) is 0 Å². The molecule has 1 N–H and O–H groups in total. The Morgan fingerprint density at radius 2 is 2.11 bits per heavy atom. The van der Waals surface area contributed by atoms with Gasteiger partial charge in [0.1, 0.15) is 0 Å². The van der Waals surface area contributed by atoms with Crippen molar-refractivity contribution < 1.29 is 14.6 Å². The third-order valence-corrected chi connectivity index (χ3v) is 4.33. The van der Waals surface area contributed by atoms with Crippen LogP contribution in [0.2, 0.25) is 5.02 Å². The average Bonchev–Trinajstić information content (AvgIpc) is 2.42. The zero-order valence-electron chi connectivity index (χ0n) is 11.5. The number of hydrogen-bond donors (Lipinski definition) is 1. The first-order valence-electron chi connectivity index (χ1n) is 6.63. The molecule has 3 nitrogen and oxygen atoms in total. The molecule has 0 spiro atoms. The van der Waals surface area contributed by atoms with E-state index in [-0.39, 0.29) is 0 Å². The van der Waals surface area contributed by atoms with Crippen LogP contribution < -0.4 is 0 Å². The number of hydrogen-bond acceptors (Lipinski definition) is 3. The highest BCUT2D eigenvalue weighted by atomic mass is 35.5. The summed E-state index contributed by atoms with van der Waals surface area (Å²) in [6, 6.07) is 5.91. The first-order valence-corrected chi connectivity index (χ1v) is 7.01. The zero-order chi connectivity index (χ0) is 13.9. The van der Waals surface area contributed by atoms with E-state index in [9.17, 15) is 5.11 Å². The summed E-state index contributed by atoms with van der Waals surface area (Å²) in [6.07, 6.45) is 1.37. The molecule has 0 amide bonds. The molecule has 1 saturated heterocycles. The van der Waals surface area contributed by atoms with Crippen LogP contribution >= 0.6 is 11.6 Å². The van der Waals surface area contributed by atoms with Crippen molar-refractivity contribution in [1.82, 2.24) is 0 Å². The fourth-order valence-electron chi connectivity index (χ4n) is 2.60. The third-order valence-electron chi connectivity index (χ3n) is 3.97. The lowest BCUT2D eigenvalue weighted by Gasteiger charge is -2.39. The van der Waals surface area contributed by atoms with Crippen LogP contribution in [0.15, 0.2) is 18.2 Å². The maximum atomic E-state index is 10.5. The highest BCUT2D eigenvalue weighted by Gasteiger charge is 2.39. The summed E-state index contributed by atoms with van der Waals surface area (Å²) in [5.74, 6) is 0. The normalized spacial score (nSPS) is 20.2. The van der Waals surface area contributed by atoms with Gasteiger partial charge in [0.15, 0.2) is 0 Å².